The van der Waals surface area contributed by atoms with Crippen molar-refractivity contribution in [3.63, 3.8) is 0 Å². The van der Waals surface area contributed by atoms with Gasteiger partial charge in [0.25, 0.3) is 0 Å². The van der Waals surface area contributed by atoms with Gasteiger partial charge in [-0.2, -0.15) is 0 Å². The van der Waals surface area contributed by atoms with Crippen molar-refractivity contribution < 1.29 is 4.74 Å². The van der Waals surface area contributed by atoms with Crippen LogP contribution >= 0.6 is 0 Å². The minimum Gasteiger partial charge on any atom is -0.378 e. The van der Waals surface area contributed by atoms with Gasteiger partial charge in [-0.05, 0) is 0 Å². The summed E-state index contributed by atoms with van der Waals surface area (Å²) >= 11 is 0. The second-order valence-corrected chi connectivity index (χ2v) is 2.43. The highest BCUT2D eigenvalue weighted by Gasteiger charge is 2.12. The molecule has 5 nitrogen and oxygen atoms in total. The van der Waals surface area contributed by atoms with Crippen LogP contribution in [0.3, 0.4) is 0 Å². The van der Waals surface area contributed by atoms with E-state index >= 15 is 0 Å². The molecular formula is C6H10N4O. The first-order chi connectivity index (χ1) is 5.47. The Kier molecular flexibility index (Phi) is 1.72. The van der Waals surface area contributed by atoms with Gasteiger partial charge in [0.1, 0.15) is 0 Å². The minimum absolute atomic E-state index is 0.785. The van der Waals surface area contributed by atoms with E-state index in [-0.39, 0.29) is 0 Å². The predicted molar refractivity (Wildman–Crippen MR) is 39.4 cm³/mol. The lowest BCUT2D eigenvalue weighted by molar-refractivity contribution is 0.122. The lowest BCUT2D eigenvalue weighted by atomic mass is 10.4. The van der Waals surface area contributed by atoms with Gasteiger partial charge in [-0.3, -0.25) is 5.10 Å². The van der Waals surface area contributed by atoms with Gasteiger partial charge in [0.05, 0.1) is 19.4 Å². The Hall–Kier alpha value is -1.10. The second-order valence-electron chi connectivity index (χ2n) is 2.43. The zero-order valence-electron chi connectivity index (χ0n) is 6.16. The fourth-order valence-electron chi connectivity index (χ4n) is 1.14. The van der Waals surface area contributed by atoms with Gasteiger partial charge < -0.3 is 9.64 Å². The standard InChI is InChI=1S/C6H10N4O/c1-3-11-4-2-10(1)6-5-7-9-8-6/h5H,1-4H2,(H,7,8,9). The smallest absolute Gasteiger partial charge is 0.171 e. The number of nitrogens with zero attached hydrogens (tertiary/aromatic N) is 3. The second kappa shape index (κ2) is 2.87. The van der Waals surface area contributed by atoms with Gasteiger partial charge in [-0.25, -0.2) is 0 Å². The molecule has 1 aromatic rings. The van der Waals surface area contributed by atoms with Crippen LogP contribution in [0.1, 0.15) is 0 Å². The molecule has 0 aliphatic carbocycles. The number of rotatable bonds is 1. The molecule has 0 saturated carbocycles. The van der Waals surface area contributed by atoms with E-state index in [4.69, 9.17) is 4.74 Å². The van der Waals surface area contributed by atoms with Crippen LogP contribution in [-0.4, -0.2) is 41.7 Å². The number of anilines is 1. The van der Waals surface area contributed by atoms with Crippen molar-refractivity contribution in [2.75, 3.05) is 31.2 Å². The first-order valence-corrected chi connectivity index (χ1v) is 3.66. The molecule has 5 heteroatoms. The Morgan fingerprint density at radius 3 is 2.91 bits per heavy atom. The van der Waals surface area contributed by atoms with E-state index in [1.54, 1.807) is 6.20 Å². The SMILES string of the molecule is c1[nH]nnc1N1CCOCC1. The van der Waals surface area contributed by atoms with Crippen LogP contribution in [0.15, 0.2) is 6.20 Å². The van der Waals surface area contributed by atoms with Gasteiger partial charge in [0, 0.05) is 13.1 Å². The highest BCUT2D eigenvalue weighted by atomic mass is 16.5. The van der Waals surface area contributed by atoms with E-state index in [1.165, 1.54) is 0 Å². The topological polar surface area (TPSA) is 54.0 Å². The molecule has 0 aromatic carbocycles. The number of aromatic nitrogens is 3. The third-order valence-electron chi connectivity index (χ3n) is 1.74. The molecule has 11 heavy (non-hydrogen) atoms. The predicted octanol–water partition coefficient (Wildman–Crippen LogP) is -0.359. The van der Waals surface area contributed by atoms with Crippen LogP contribution in [0, 0.1) is 0 Å². The van der Waals surface area contributed by atoms with Crippen LogP contribution in [0.25, 0.3) is 0 Å². The van der Waals surface area contributed by atoms with Crippen molar-refractivity contribution in [1.82, 2.24) is 15.4 Å². The number of nitrogens with one attached hydrogen (secondary N) is 1. The summed E-state index contributed by atoms with van der Waals surface area (Å²) in [6.45, 7) is 3.39. The van der Waals surface area contributed by atoms with Gasteiger partial charge in [0.15, 0.2) is 5.82 Å². The molecular weight excluding hydrogens is 144 g/mol. The molecule has 1 aromatic heterocycles. The molecule has 0 bridgehead atoms. The summed E-state index contributed by atoms with van der Waals surface area (Å²) in [6.07, 6.45) is 1.80. The summed E-state index contributed by atoms with van der Waals surface area (Å²) < 4.78 is 5.20. The molecule has 1 aliphatic heterocycles. The Labute approximate surface area is 64.3 Å². The molecule has 0 unspecified atom stereocenters. The summed E-state index contributed by atoms with van der Waals surface area (Å²) in [4.78, 5) is 2.15. The Morgan fingerprint density at radius 1 is 1.45 bits per heavy atom. The molecule has 2 rings (SSSR count). The summed E-state index contributed by atoms with van der Waals surface area (Å²) in [6, 6.07) is 0. The van der Waals surface area contributed by atoms with Crippen molar-refractivity contribution in [1.29, 1.82) is 0 Å². The highest BCUT2D eigenvalue weighted by molar-refractivity contribution is 5.34. The van der Waals surface area contributed by atoms with Gasteiger partial charge in [-0.1, -0.05) is 5.21 Å². The Bertz CT molecular complexity index is 204. The Balaban J connectivity index is 2.04. The minimum atomic E-state index is 0.785. The third-order valence-corrected chi connectivity index (χ3v) is 1.74. The van der Waals surface area contributed by atoms with Crippen molar-refractivity contribution in [3.05, 3.63) is 6.20 Å². The van der Waals surface area contributed by atoms with Crippen LogP contribution in [0.4, 0.5) is 5.82 Å². The first-order valence-electron chi connectivity index (χ1n) is 3.66. The van der Waals surface area contributed by atoms with Crippen molar-refractivity contribution in [2.45, 2.75) is 0 Å². The van der Waals surface area contributed by atoms with E-state index in [0.717, 1.165) is 32.1 Å². The molecule has 1 saturated heterocycles. The van der Waals surface area contributed by atoms with Gasteiger partial charge in [0.2, 0.25) is 0 Å². The fourth-order valence-corrected chi connectivity index (χ4v) is 1.14. The molecule has 1 aliphatic rings. The average Bonchev–Trinajstić information content (AvgIpc) is 2.58. The number of morpholine rings is 1. The average molecular weight is 154 g/mol. The molecule has 0 amide bonds. The quantitative estimate of drug-likeness (QED) is 0.600. The number of aromatic amines is 1. The third kappa shape index (κ3) is 1.32. The lowest BCUT2D eigenvalue weighted by Crippen LogP contribution is -2.36. The molecule has 0 radical (unpaired) electrons. The molecule has 2 heterocycles. The summed E-state index contributed by atoms with van der Waals surface area (Å²) in [5.41, 5.74) is 0. The fraction of sp³-hybridized carbons (Fsp3) is 0.667. The van der Waals surface area contributed by atoms with E-state index < -0.39 is 0 Å². The van der Waals surface area contributed by atoms with Gasteiger partial charge in [-0.15, -0.1) is 5.10 Å². The Morgan fingerprint density at radius 2 is 2.27 bits per heavy atom. The zero-order valence-corrected chi connectivity index (χ0v) is 6.16. The molecule has 0 spiro atoms. The van der Waals surface area contributed by atoms with Crippen LogP contribution < -0.4 is 4.90 Å². The van der Waals surface area contributed by atoms with Crippen LogP contribution in [-0.2, 0) is 4.74 Å². The zero-order chi connectivity index (χ0) is 7.52. The maximum atomic E-state index is 5.20. The molecule has 0 atom stereocenters. The monoisotopic (exact) mass is 154 g/mol. The van der Waals surface area contributed by atoms with Gasteiger partial charge >= 0.3 is 0 Å². The van der Waals surface area contributed by atoms with Crippen LogP contribution in [0.2, 0.25) is 0 Å². The number of ether oxygens (including phenoxy) is 1. The maximum Gasteiger partial charge on any atom is 0.171 e. The van der Waals surface area contributed by atoms with E-state index in [1.807, 2.05) is 0 Å². The summed E-state index contributed by atoms with van der Waals surface area (Å²) in [7, 11) is 0. The maximum absolute atomic E-state index is 5.20. The van der Waals surface area contributed by atoms with Crippen molar-refractivity contribution >= 4 is 5.82 Å². The summed E-state index contributed by atoms with van der Waals surface area (Å²) in [5.74, 6) is 0.910. The van der Waals surface area contributed by atoms with Crippen LogP contribution in [0.5, 0.6) is 0 Å². The van der Waals surface area contributed by atoms with E-state index in [9.17, 15) is 0 Å². The highest BCUT2D eigenvalue weighted by Crippen LogP contribution is 2.08. The first kappa shape index (κ1) is 6.60. The lowest BCUT2D eigenvalue weighted by Gasteiger charge is -2.25. The van der Waals surface area contributed by atoms with Crippen molar-refractivity contribution in [3.8, 4) is 0 Å². The molecule has 1 fully saturated rings. The van der Waals surface area contributed by atoms with E-state index in [0.29, 0.717) is 0 Å². The van der Waals surface area contributed by atoms with Crippen molar-refractivity contribution in [2.24, 2.45) is 0 Å². The molecule has 60 valence electrons. The number of hydrogen-bond donors (Lipinski definition) is 1. The molecule has 1 N–H and O–H groups in total. The number of H-pyrrole nitrogens is 1. The van der Waals surface area contributed by atoms with E-state index in [2.05, 4.69) is 20.3 Å². The normalized spacial score (nSPS) is 18.7. The number of hydrogen-bond acceptors (Lipinski definition) is 4. The largest absolute Gasteiger partial charge is 0.378 e. The summed E-state index contributed by atoms with van der Waals surface area (Å²) in [5, 5.41) is 10.2.